The van der Waals surface area contributed by atoms with Gasteiger partial charge >= 0.3 is 0 Å². The van der Waals surface area contributed by atoms with Crippen LogP contribution in [-0.2, 0) is 9.84 Å². The van der Waals surface area contributed by atoms with Gasteiger partial charge in [-0.25, -0.2) is 8.42 Å². The van der Waals surface area contributed by atoms with E-state index < -0.39 is 9.84 Å². The van der Waals surface area contributed by atoms with E-state index in [4.69, 9.17) is 0 Å². The van der Waals surface area contributed by atoms with E-state index in [1.165, 1.54) is 31.9 Å². The van der Waals surface area contributed by atoms with E-state index in [1.54, 1.807) is 7.05 Å². The fraction of sp³-hybridized carbons (Fsp3) is 0.929. The molecule has 0 saturated heterocycles. The minimum atomic E-state index is -2.93. The molecule has 5 nitrogen and oxygen atoms in total. The molecule has 0 radical (unpaired) electrons. The summed E-state index contributed by atoms with van der Waals surface area (Å²) < 4.78 is 22.2. The largest absolute Gasteiger partial charge is 0.356 e. The molecule has 1 fully saturated rings. The van der Waals surface area contributed by atoms with Gasteiger partial charge in [0, 0.05) is 26.4 Å². The number of guanidine groups is 1. The number of sulfone groups is 1. The molecule has 0 amide bonds. The third-order valence-electron chi connectivity index (χ3n) is 3.88. The first kappa shape index (κ1) is 17.3. The number of nitrogens with zero attached hydrogens (tertiary/aromatic N) is 1. The lowest BCUT2D eigenvalue weighted by atomic mass is 9.64. The zero-order chi connectivity index (χ0) is 15.2. The van der Waals surface area contributed by atoms with Gasteiger partial charge in [0.1, 0.15) is 9.84 Å². The summed E-state index contributed by atoms with van der Waals surface area (Å²) in [5.74, 6) is 1.53. The molecule has 0 atom stereocenters. The average molecular weight is 303 g/mol. The van der Waals surface area contributed by atoms with Crippen molar-refractivity contribution in [3.63, 3.8) is 0 Å². The Kier molecular flexibility index (Phi) is 6.30. The molecule has 0 aromatic heterocycles. The zero-order valence-corrected chi connectivity index (χ0v) is 14.0. The van der Waals surface area contributed by atoms with Crippen LogP contribution in [0.25, 0.3) is 0 Å². The van der Waals surface area contributed by atoms with E-state index in [1.807, 2.05) is 0 Å². The van der Waals surface area contributed by atoms with E-state index in [2.05, 4.69) is 29.5 Å². The maximum atomic E-state index is 11.1. The van der Waals surface area contributed by atoms with Crippen molar-refractivity contribution >= 4 is 15.8 Å². The van der Waals surface area contributed by atoms with E-state index in [9.17, 15) is 8.42 Å². The van der Waals surface area contributed by atoms with Crippen LogP contribution in [0.3, 0.4) is 0 Å². The van der Waals surface area contributed by atoms with Gasteiger partial charge < -0.3 is 10.6 Å². The number of aliphatic imine (C=N–C) groups is 1. The normalized spacial score (nSPS) is 18.8. The van der Waals surface area contributed by atoms with Crippen LogP contribution >= 0.6 is 0 Å². The molecule has 0 spiro atoms. The van der Waals surface area contributed by atoms with E-state index >= 15 is 0 Å². The van der Waals surface area contributed by atoms with Crippen LogP contribution in [0.4, 0.5) is 0 Å². The molecule has 1 aliphatic rings. The van der Waals surface area contributed by atoms with Crippen LogP contribution in [0.2, 0.25) is 0 Å². The Morgan fingerprint density at radius 3 is 2.35 bits per heavy atom. The summed E-state index contributed by atoms with van der Waals surface area (Å²) in [4.78, 5) is 4.15. The average Bonchev–Trinajstić information content (AvgIpc) is 2.27. The summed E-state index contributed by atoms with van der Waals surface area (Å²) in [6, 6.07) is 0. The minimum absolute atomic E-state index is 0.130. The highest BCUT2D eigenvalue weighted by Crippen LogP contribution is 2.45. The SMILES string of the molecule is CN=C(NCCS(C)(=O)=O)NCC1(CC(C)C)CCC1. The van der Waals surface area contributed by atoms with E-state index in [-0.39, 0.29) is 5.75 Å². The summed E-state index contributed by atoms with van der Waals surface area (Å²) >= 11 is 0. The number of rotatable bonds is 7. The third kappa shape index (κ3) is 6.11. The van der Waals surface area contributed by atoms with Crippen molar-refractivity contribution in [3.8, 4) is 0 Å². The second kappa shape index (κ2) is 7.29. The van der Waals surface area contributed by atoms with Crippen LogP contribution in [0.15, 0.2) is 4.99 Å². The molecule has 1 rings (SSSR count). The van der Waals surface area contributed by atoms with Crippen molar-refractivity contribution in [1.82, 2.24) is 10.6 Å². The lowest BCUT2D eigenvalue weighted by Crippen LogP contribution is -2.47. The number of hydrogen-bond donors (Lipinski definition) is 2. The Morgan fingerprint density at radius 1 is 1.30 bits per heavy atom. The molecule has 0 aliphatic heterocycles. The van der Waals surface area contributed by atoms with Gasteiger partial charge in [-0.15, -0.1) is 0 Å². The van der Waals surface area contributed by atoms with Crippen molar-refractivity contribution in [3.05, 3.63) is 0 Å². The fourth-order valence-corrected chi connectivity index (χ4v) is 3.32. The predicted molar refractivity (Wildman–Crippen MR) is 84.8 cm³/mol. The summed E-state index contributed by atoms with van der Waals surface area (Å²) in [5.41, 5.74) is 0.405. The van der Waals surface area contributed by atoms with Crippen molar-refractivity contribution < 1.29 is 8.42 Å². The minimum Gasteiger partial charge on any atom is -0.356 e. The standard InChI is InChI=1S/C14H29N3O2S/c1-12(2)10-14(6-5-7-14)11-17-13(15-3)16-8-9-20(4,18)19/h12H,5-11H2,1-4H3,(H2,15,16,17). The maximum absolute atomic E-state index is 11.1. The highest BCUT2D eigenvalue weighted by atomic mass is 32.2. The van der Waals surface area contributed by atoms with E-state index in [0.29, 0.717) is 23.8 Å². The first-order valence-electron chi connectivity index (χ1n) is 7.39. The highest BCUT2D eigenvalue weighted by Gasteiger charge is 2.37. The Morgan fingerprint density at radius 2 is 1.95 bits per heavy atom. The molecule has 0 aromatic rings. The summed E-state index contributed by atoms with van der Waals surface area (Å²) in [7, 11) is -1.21. The van der Waals surface area contributed by atoms with Crippen LogP contribution in [0.5, 0.6) is 0 Å². The smallest absolute Gasteiger partial charge is 0.191 e. The molecule has 0 bridgehead atoms. The molecule has 6 heteroatoms. The van der Waals surface area contributed by atoms with Gasteiger partial charge in [0.25, 0.3) is 0 Å². The van der Waals surface area contributed by atoms with Gasteiger partial charge in [-0.05, 0) is 30.6 Å². The topological polar surface area (TPSA) is 70.6 Å². The van der Waals surface area contributed by atoms with E-state index in [0.717, 1.165) is 6.54 Å². The molecule has 118 valence electrons. The quantitative estimate of drug-likeness (QED) is 0.551. The predicted octanol–water partition coefficient (Wildman–Crippen LogP) is 1.41. The molecule has 0 aromatic carbocycles. The fourth-order valence-electron chi connectivity index (χ4n) is 2.84. The lowest BCUT2D eigenvalue weighted by molar-refractivity contribution is 0.104. The van der Waals surface area contributed by atoms with Crippen LogP contribution in [-0.4, -0.2) is 46.5 Å². The van der Waals surface area contributed by atoms with Gasteiger partial charge in [-0.1, -0.05) is 20.3 Å². The van der Waals surface area contributed by atoms with Crippen LogP contribution in [0, 0.1) is 11.3 Å². The Bertz CT molecular complexity index is 426. The molecule has 0 unspecified atom stereocenters. The van der Waals surface area contributed by atoms with Crippen LogP contribution in [0.1, 0.15) is 39.5 Å². The molecule has 2 N–H and O–H groups in total. The molecular formula is C14H29N3O2S. The van der Waals surface area contributed by atoms with Crippen molar-refractivity contribution in [1.29, 1.82) is 0 Å². The number of nitrogens with one attached hydrogen (secondary N) is 2. The zero-order valence-electron chi connectivity index (χ0n) is 13.2. The number of hydrogen-bond acceptors (Lipinski definition) is 3. The molecule has 0 heterocycles. The molecule has 1 saturated carbocycles. The van der Waals surface area contributed by atoms with Gasteiger partial charge in [0.05, 0.1) is 5.75 Å². The first-order chi connectivity index (χ1) is 9.26. The van der Waals surface area contributed by atoms with Crippen molar-refractivity contribution in [2.75, 3.05) is 32.1 Å². The summed E-state index contributed by atoms with van der Waals surface area (Å²) in [6.45, 7) is 5.85. The second-order valence-corrected chi connectivity index (χ2v) is 8.69. The Balaban J connectivity index is 2.37. The second-order valence-electron chi connectivity index (χ2n) is 6.43. The molecule has 1 aliphatic carbocycles. The summed E-state index contributed by atoms with van der Waals surface area (Å²) in [6.07, 6.45) is 6.35. The maximum Gasteiger partial charge on any atom is 0.191 e. The first-order valence-corrected chi connectivity index (χ1v) is 9.45. The Labute approximate surface area is 123 Å². The van der Waals surface area contributed by atoms with Crippen molar-refractivity contribution in [2.24, 2.45) is 16.3 Å². The highest BCUT2D eigenvalue weighted by molar-refractivity contribution is 7.90. The van der Waals surface area contributed by atoms with Crippen molar-refractivity contribution in [2.45, 2.75) is 39.5 Å². The molecular weight excluding hydrogens is 274 g/mol. The third-order valence-corrected chi connectivity index (χ3v) is 4.82. The van der Waals surface area contributed by atoms with Gasteiger partial charge in [0.2, 0.25) is 0 Å². The van der Waals surface area contributed by atoms with Gasteiger partial charge in [0.15, 0.2) is 5.96 Å². The monoisotopic (exact) mass is 303 g/mol. The summed E-state index contributed by atoms with van der Waals surface area (Å²) in [5, 5.41) is 6.41. The molecule has 20 heavy (non-hydrogen) atoms. The van der Waals surface area contributed by atoms with Crippen LogP contribution < -0.4 is 10.6 Å². The van der Waals surface area contributed by atoms with Gasteiger partial charge in [-0.2, -0.15) is 0 Å². The Hall–Kier alpha value is -0.780. The lowest BCUT2D eigenvalue weighted by Gasteiger charge is -2.43. The van der Waals surface area contributed by atoms with Gasteiger partial charge in [-0.3, -0.25) is 4.99 Å².